The molecule has 98 valence electrons. The fourth-order valence-corrected chi connectivity index (χ4v) is 3.44. The molecule has 0 aliphatic carbocycles. The minimum Gasteiger partial charge on any atom is -0.315 e. The molecule has 0 saturated carbocycles. The van der Waals surface area contributed by atoms with E-state index in [0.29, 0.717) is 6.42 Å². The van der Waals surface area contributed by atoms with Crippen LogP contribution >= 0.6 is 11.3 Å². The van der Waals surface area contributed by atoms with E-state index in [1.165, 1.54) is 11.1 Å². The van der Waals surface area contributed by atoms with E-state index in [9.17, 15) is 8.42 Å². The van der Waals surface area contributed by atoms with Gasteiger partial charge >= 0.3 is 0 Å². The Morgan fingerprint density at radius 2 is 2.00 bits per heavy atom. The summed E-state index contributed by atoms with van der Waals surface area (Å²) in [6.07, 6.45) is 1.93. The zero-order valence-electron chi connectivity index (χ0n) is 10.9. The first-order valence-electron chi connectivity index (χ1n) is 5.54. The van der Waals surface area contributed by atoms with Crippen LogP contribution in [0.5, 0.6) is 0 Å². The molecular weight excluding hydrogens is 256 g/mol. The number of sulfone groups is 1. The zero-order chi connectivity index (χ0) is 13.2. The van der Waals surface area contributed by atoms with Crippen molar-refractivity contribution in [2.75, 3.05) is 13.3 Å². The third-order valence-corrected chi connectivity index (χ3v) is 5.85. The van der Waals surface area contributed by atoms with Crippen LogP contribution in [0, 0.1) is 13.8 Å². The Balaban J connectivity index is 2.84. The number of nitrogens with one attached hydrogen (secondary N) is 1. The lowest BCUT2D eigenvalue weighted by Gasteiger charge is -2.21. The number of aromatic nitrogens is 1. The molecule has 0 saturated heterocycles. The first-order chi connectivity index (χ1) is 7.75. The second-order valence-corrected chi connectivity index (χ2v) is 8.07. The van der Waals surface area contributed by atoms with Crippen molar-refractivity contribution in [3.05, 3.63) is 15.6 Å². The highest BCUT2D eigenvalue weighted by molar-refractivity contribution is 7.91. The summed E-state index contributed by atoms with van der Waals surface area (Å²) < 4.78 is 23.1. The van der Waals surface area contributed by atoms with Gasteiger partial charge in [-0.25, -0.2) is 13.4 Å². The maximum absolute atomic E-state index is 11.5. The van der Waals surface area contributed by atoms with Crippen LogP contribution in [-0.4, -0.2) is 38.0 Å². The quantitative estimate of drug-likeness (QED) is 0.881. The van der Waals surface area contributed by atoms with Gasteiger partial charge in [0.1, 0.15) is 0 Å². The highest BCUT2D eigenvalue weighted by Crippen LogP contribution is 2.19. The van der Waals surface area contributed by atoms with Gasteiger partial charge in [0.25, 0.3) is 0 Å². The van der Waals surface area contributed by atoms with Crippen molar-refractivity contribution in [3.63, 3.8) is 0 Å². The molecule has 0 radical (unpaired) electrons. The molecule has 0 aliphatic rings. The predicted octanol–water partition coefficient (Wildman–Crippen LogP) is 1.32. The minimum atomic E-state index is -3.02. The summed E-state index contributed by atoms with van der Waals surface area (Å²) >= 11 is 1.64. The lowest BCUT2D eigenvalue weighted by Crippen LogP contribution is -2.41. The number of aryl methyl sites for hydroxylation is 2. The second kappa shape index (κ2) is 5.46. The fraction of sp³-hybridized carbons (Fsp3) is 0.727. The zero-order valence-corrected chi connectivity index (χ0v) is 12.6. The number of hydrogen-bond acceptors (Lipinski definition) is 5. The molecule has 6 heteroatoms. The lowest BCUT2D eigenvalue weighted by molar-refractivity contribution is 0.515. The predicted molar refractivity (Wildman–Crippen MR) is 72.4 cm³/mol. The largest absolute Gasteiger partial charge is 0.315 e. The summed E-state index contributed by atoms with van der Waals surface area (Å²) in [5.74, 6) is 0. The maximum Gasteiger partial charge on any atom is 0.151 e. The normalized spacial score (nSPS) is 15.8. The summed E-state index contributed by atoms with van der Waals surface area (Å²) in [6.45, 7) is 5.75. The molecule has 0 fully saturated rings. The molecule has 0 spiro atoms. The van der Waals surface area contributed by atoms with E-state index in [1.807, 2.05) is 13.8 Å². The van der Waals surface area contributed by atoms with Gasteiger partial charge in [-0.2, -0.15) is 0 Å². The SMILES string of the molecule is CNC(Cc1nc(C)c(C)s1)C(C)S(C)(=O)=O. The first-order valence-corrected chi connectivity index (χ1v) is 8.31. The summed E-state index contributed by atoms with van der Waals surface area (Å²) in [4.78, 5) is 5.64. The summed E-state index contributed by atoms with van der Waals surface area (Å²) in [5, 5.41) is 3.66. The molecule has 1 aromatic heterocycles. The topological polar surface area (TPSA) is 59.1 Å². The van der Waals surface area contributed by atoms with Gasteiger partial charge in [-0.05, 0) is 27.8 Å². The molecular formula is C11H20N2O2S2. The van der Waals surface area contributed by atoms with E-state index < -0.39 is 15.1 Å². The number of hydrogen-bond donors (Lipinski definition) is 1. The molecule has 1 heterocycles. The molecule has 1 N–H and O–H groups in total. The van der Waals surface area contributed by atoms with Crippen molar-refractivity contribution in [1.82, 2.24) is 10.3 Å². The van der Waals surface area contributed by atoms with Gasteiger partial charge < -0.3 is 5.32 Å². The van der Waals surface area contributed by atoms with Gasteiger partial charge in [-0.15, -0.1) is 11.3 Å². The lowest BCUT2D eigenvalue weighted by atomic mass is 10.1. The molecule has 0 aromatic carbocycles. The second-order valence-electron chi connectivity index (χ2n) is 4.38. The van der Waals surface area contributed by atoms with E-state index in [0.717, 1.165) is 10.7 Å². The molecule has 0 aliphatic heterocycles. The van der Waals surface area contributed by atoms with E-state index in [-0.39, 0.29) is 6.04 Å². The number of rotatable bonds is 5. The van der Waals surface area contributed by atoms with Gasteiger partial charge in [-0.3, -0.25) is 0 Å². The Kier molecular flexibility index (Phi) is 4.69. The monoisotopic (exact) mass is 276 g/mol. The molecule has 1 aromatic rings. The Morgan fingerprint density at radius 1 is 1.41 bits per heavy atom. The third kappa shape index (κ3) is 3.76. The van der Waals surface area contributed by atoms with Gasteiger partial charge in [0, 0.05) is 23.6 Å². The van der Waals surface area contributed by atoms with E-state index in [2.05, 4.69) is 10.3 Å². The van der Waals surface area contributed by atoms with Crippen LogP contribution in [0.2, 0.25) is 0 Å². The molecule has 2 atom stereocenters. The van der Waals surface area contributed by atoms with Crippen molar-refractivity contribution in [2.45, 2.75) is 38.5 Å². The van der Waals surface area contributed by atoms with E-state index in [1.54, 1.807) is 25.3 Å². The average molecular weight is 276 g/mol. The van der Waals surface area contributed by atoms with Gasteiger partial charge in [0.05, 0.1) is 16.0 Å². The van der Waals surface area contributed by atoms with Crippen LogP contribution in [-0.2, 0) is 16.3 Å². The van der Waals surface area contributed by atoms with Crippen molar-refractivity contribution in [1.29, 1.82) is 0 Å². The van der Waals surface area contributed by atoms with Crippen LogP contribution in [0.4, 0.5) is 0 Å². The number of thiazole rings is 1. The van der Waals surface area contributed by atoms with Crippen LogP contribution < -0.4 is 5.32 Å². The Labute approximate surface area is 107 Å². The van der Waals surface area contributed by atoms with Gasteiger partial charge in [0.15, 0.2) is 9.84 Å². The highest BCUT2D eigenvalue weighted by Gasteiger charge is 2.25. The standard InChI is InChI=1S/C11H20N2O2S2/c1-7-8(2)16-11(13-7)6-10(12-4)9(3)17(5,14)15/h9-10,12H,6H2,1-5H3. The van der Waals surface area contributed by atoms with E-state index >= 15 is 0 Å². The van der Waals surface area contributed by atoms with Crippen LogP contribution in [0.25, 0.3) is 0 Å². The van der Waals surface area contributed by atoms with Gasteiger partial charge in [0.2, 0.25) is 0 Å². The summed E-state index contributed by atoms with van der Waals surface area (Å²) in [7, 11) is -1.23. The molecule has 4 nitrogen and oxygen atoms in total. The van der Waals surface area contributed by atoms with E-state index in [4.69, 9.17) is 0 Å². The van der Waals surface area contributed by atoms with Crippen LogP contribution in [0.1, 0.15) is 22.5 Å². The Morgan fingerprint density at radius 3 is 2.35 bits per heavy atom. The summed E-state index contributed by atoms with van der Waals surface area (Å²) in [5.41, 5.74) is 1.03. The average Bonchev–Trinajstić information content (AvgIpc) is 2.52. The van der Waals surface area contributed by atoms with Crippen LogP contribution in [0.15, 0.2) is 0 Å². The molecule has 2 unspecified atom stereocenters. The smallest absolute Gasteiger partial charge is 0.151 e. The maximum atomic E-state index is 11.5. The van der Waals surface area contributed by atoms with Crippen molar-refractivity contribution < 1.29 is 8.42 Å². The third-order valence-electron chi connectivity index (χ3n) is 3.08. The fourth-order valence-electron chi connectivity index (χ4n) is 1.62. The summed E-state index contributed by atoms with van der Waals surface area (Å²) in [6, 6.07) is -0.0880. The molecule has 1 rings (SSSR count). The van der Waals surface area contributed by atoms with Crippen molar-refractivity contribution in [3.8, 4) is 0 Å². The number of likely N-dealkylation sites (N-methyl/N-ethyl adjacent to an activating group) is 1. The van der Waals surface area contributed by atoms with Crippen molar-refractivity contribution >= 4 is 21.2 Å². The molecule has 17 heavy (non-hydrogen) atoms. The first kappa shape index (κ1) is 14.6. The Hall–Kier alpha value is -0.460. The molecule has 0 amide bonds. The molecule has 0 bridgehead atoms. The minimum absolute atomic E-state index is 0.0880. The Bertz CT molecular complexity index is 460. The highest BCUT2D eigenvalue weighted by atomic mass is 32.2. The van der Waals surface area contributed by atoms with Crippen LogP contribution in [0.3, 0.4) is 0 Å². The van der Waals surface area contributed by atoms with Crippen molar-refractivity contribution in [2.24, 2.45) is 0 Å². The number of nitrogens with zero attached hydrogens (tertiary/aromatic N) is 1. The van der Waals surface area contributed by atoms with Gasteiger partial charge in [-0.1, -0.05) is 0 Å².